The summed E-state index contributed by atoms with van der Waals surface area (Å²) in [6, 6.07) is 19.8. The normalized spacial score (nSPS) is 21.0. The molecule has 1 aliphatic rings. The molecule has 1 saturated carbocycles. The highest BCUT2D eigenvalue weighted by atomic mass is 16.5. The molecule has 3 rings (SSSR count). The van der Waals surface area contributed by atoms with Crippen LogP contribution in [-0.4, -0.2) is 5.97 Å². The topological polar surface area (TPSA) is 26.3 Å². The van der Waals surface area contributed by atoms with Crippen LogP contribution in [0.25, 0.3) is 0 Å². The molecule has 102 valence electrons. The Bertz CT molecular complexity index is 556. The molecule has 1 aliphatic carbocycles. The van der Waals surface area contributed by atoms with Crippen molar-refractivity contribution >= 4 is 5.97 Å². The molecule has 0 spiro atoms. The van der Waals surface area contributed by atoms with Gasteiger partial charge in [-0.25, -0.2) is 0 Å². The highest BCUT2D eigenvalue weighted by Gasteiger charge is 2.32. The standard InChI is InChI=1S/C18H18O2/c19-18(20-17-9-5-2-6-10-17)13-14-11-16(12-14)15-7-3-1-4-8-15/h1-10,14,16H,11-13H2. The van der Waals surface area contributed by atoms with Crippen LogP contribution in [0.2, 0.25) is 0 Å². The summed E-state index contributed by atoms with van der Waals surface area (Å²) in [4.78, 5) is 11.8. The Morgan fingerprint density at radius 1 is 0.950 bits per heavy atom. The quantitative estimate of drug-likeness (QED) is 0.613. The molecule has 0 atom stereocenters. The second kappa shape index (κ2) is 5.91. The second-order valence-corrected chi connectivity index (χ2v) is 5.44. The maximum absolute atomic E-state index is 11.8. The number of carbonyl (C=O) groups excluding carboxylic acids is 1. The minimum atomic E-state index is -0.118. The molecule has 0 aromatic heterocycles. The lowest BCUT2D eigenvalue weighted by atomic mass is 9.70. The molecule has 0 amide bonds. The van der Waals surface area contributed by atoms with Gasteiger partial charge in [0.15, 0.2) is 0 Å². The number of esters is 1. The molecule has 0 aliphatic heterocycles. The van der Waals surface area contributed by atoms with Gasteiger partial charge in [0.05, 0.1) is 0 Å². The summed E-state index contributed by atoms with van der Waals surface area (Å²) in [6.07, 6.45) is 2.71. The number of para-hydroxylation sites is 1. The molecule has 0 heterocycles. The third kappa shape index (κ3) is 3.08. The average molecular weight is 266 g/mol. The van der Waals surface area contributed by atoms with Crippen LogP contribution in [0.4, 0.5) is 0 Å². The van der Waals surface area contributed by atoms with Gasteiger partial charge < -0.3 is 4.74 Å². The zero-order valence-electron chi connectivity index (χ0n) is 11.4. The molecular formula is C18H18O2. The van der Waals surface area contributed by atoms with Gasteiger partial charge >= 0.3 is 5.97 Å². The van der Waals surface area contributed by atoms with E-state index >= 15 is 0 Å². The molecule has 1 fully saturated rings. The number of ether oxygens (including phenoxy) is 1. The van der Waals surface area contributed by atoms with E-state index in [4.69, 9.17) is 4.74 Å². The van der Waals surface area contributed by atoms with E-state index in [-0.39, 0.29) is 5.97 Å². The summed E-state index contributed by atoms with van der Waals surface area (Å²) < 4.78 is 5.32. The first kappa shape index (κ1) is 12.9. The fourth-order valence-corrected chi connectivity index (χ4v) is 2.80. The molecule has 20 heavy (non-hydrogen) atoms. The smallest absolute Gasteiger partial charge is 0.311 e. The van der Waals surface area contributed by atoms with Crippen LogP contribution in [-0.2, 0) is 4.79 Å². The highest BCUT2D eigenvalue weighted by Crippen LogP contribution is 2.43. The Balaban J connectivity index is 1.46. The third-order valence-corrected chi connectivity index (χ3v) is 3.94. The summed E-state index contributed by atoms with van der Waals surface area (Å²) >= 11 is 0. The lowest BCUT2D eigenvalue weighted by molar-refractivity contribution is -0.136. The van der Waals surface area contributed by atoms with Crippen LogP contribution in [0.3, 0.4) is 0 Å². The van der Waals surface area contributed by atoms with Crippen molar-refractivity contribution in [1.82, 2.24) is 0 Å². The van der Waals surface area contributed by atoms with E-state index in [1.165, 1.54) is 5.56 Å². The van der Waals surface area contributed by atoms with Gasteiger partial charge in [0.1, 0.15) is 5.75 Å². The molecule has 0 unspecified atom stereocenters. The summed E-state index contributed by atoms with van der Waals surface area (Å²) in [7, 11) is 0. The summed E-state index contributed by atoms with van der Waals surface area (Å²) in [5, 5.41) is 0. The Hall–Kier alpha value is -2.09. The van der Waals surface area contributed by atoms with Crippen LogP contribution in [0.1, 0.15) is 30.7 Å². The van der Waals surface area contributed by atoms with Crippen LogP contribution in [0.5, 0.6) is 5.75 Å². The van der Waals surface area contributed by atoms with Gasteiger partial charge in [0, 0.05) is 6.42 Å². The molecule has 2 nitrogen and oxygen atoms in total. The summed E-state index contributed by atoms with van der Waals surface area (Å²) in [6.45, 7) is 0. The predicted molar refractivity (Wildman–Crippen MR) is 78.6 cm³/mol. The van der Waals surface area contributed by atoms with Crippen molar-refractivity contribution in [2.45, 2.75) is 25.2 Å². The number of hydrogen-bond acceptors (Lipinski definition) is 2. The zero-order valence-corrected chi connectivity index (χ0v) is 11.4. The molecule has 2 aromatic carbocycles. The molecule has 2 aromatic rings. The number of carbonyl (C=O) groups is 1. The van der Waals surface area contributed by atoms with Crippen molar-refractivity contribution in [3.63, 3.8) is 0 Å². The highest BCUT2D eigenvalue weighted by molar-refractivity contribution is 5.72. The van der Waals surface area contributed by atoms with Gasteiger partial charge in [-0.2, -0.15) is 0 Å². The maximum atomic E-state index is 11.8. The minimum Gasteiger partial charge on any atom is -0.427 e. The van der Waals surface area contributed by atoms with Gasteiger partial charge in [-0.15, -0.1) is 0 Å². The van der Waals surface area contributed by atoms with Gasteiger partial charge in [0.25, 0.3) is 0 Å². The lowest BCUT2D eigenvalue weighted by Crippen LogP contribution is -2.26. The Labute approximate surface area is 119 Å². The number of rotatable bonds is 4. The Kier molecular flexibility index (Phi) is 3.82. The van der Waals surface area contributed by atoms with Gasteiger partial charge in [-0.1, -0.05) is 48.5 Å². The van der Waals surface area contributed by atoms with E-state index in [0.29, 0.717) is 24.0 Å². The van der Waals surface area contributed by atoms with Gasteiger partial charge in [-0.3, -0.25) is 4.79 Å². The Morgan fingerprint density at radius 2 is 1.55 bits per heavy atom. The van der Waals surface area contributed by atoms with E-state index in [0.717, 1.165) is 12.8 Å². The first-order chi connectivity index (χ1) is 9.81. The molecule has 0 saturated heterocycles. The monoisotopic (exact) mass is 266 g/mol. The SMILES string of the molecule is O=C(CC1CC(c2ccccc2)C1)Oc1ccccc1. The van der Waals surface area contributed by atoms with E-state index in [9.17, 15) is 4.79 Å². The molecule has 0 radical (unpaired) electrons. The minimum absolute atomic E-state index is 0.118. The van der Waals surface area contributed by atoms with Crippen molar-refractivity contribution < 1.29 is 9.53 Å². The van der Waals surface area contributed by atoms with Crippen LogP contribution in [0.15, 0.2) is 60.7 Å². The van der Waals surface area contributed by atoms with E-state index < -0.39 is 0 Å². The van der Waals surface area contributed by atoms with E-state index in [1.807, 2.05) is 36.4 Å². The van der Waals surface area contributed by atoms with Crippen LogP contribution >= 0.6 is 0 Å². The van der Waals surface area contributed by atoms with Crippen LogP contribution < -0.4 is 4.74 Å². The largest absolute Gasteiger partial charge is 0.427 e. The van der Waals surface area contributed by atoms with Crippen molar-refractivity contribution in [2.75, 3.05) is 0 Å². The fourth-order valence-electron chi connectivity index (χ4n) is 2.80. The van der Waals surface area contributed by atoms with E-state index in [1.54, 1.807) is 0 Å². The summed E-state index contributed by atoms with van der Waals surface area (Å²) in [5.74, 6) is 1.60. The van der Waals surface area contributed by atoms with Gasteiger partial charge in [-0.05, 0) is 42.4 Å². The summed E-state index contributed by atoms with van der Waals surface area (Å²) in [5.41, 5.74) is 1.39. The third-order valence-electron chi connectivity index (χ3n) is 3.94. The number of hydrogen-bond donors (Lipinski definition) is 0. The fraction of sp³-hybridized carbons (Fsp3) is 0.278. The van der Waals surface area contributed by atoms with Crippen molar-refractivity contribution in [3.8, 4) is 5.75 Å². The van der Waals surface area contributed by atoms with E-state index in [2.05, 4.69) is 24.3 Å². The van der Waals surface area contributed by atoms with Crippen molar-refractivity contribution in [2.24, 2.45) is 5.92 Å². The Morgan fingerprint density at radius 3 is 2.20 bits per heavy atom. The molecule has 0 N–H and O–H groups in total. The second-order valence-electron chi connectivity index (χ2n) is 5.44. The van der Waals surface area contributed by atoms with Crippen molar-refractivity contribution in [1.29, 1.82) is 0 Å². The van der Waals surface area contributed by atoms with Gasteiger partial charge in [0.2, 0.25) is 0 Å². The van der Waals surface area contributed by atoms with Crippen LogP contribution in [0, 0.1) is 5.92 Å². The zero-order chi connectivity index (χ0) is 13.8. The average Bonchev–Trinajstić information content (AvgIpc) is 2.44. The lowest BCUT2D eigenvalue weighted by Gasteiger charge is -2.35. The predicted octanol–water partition coefficient (Wildman–Crippen LogP) is 4.18. The molecule has 0 bridgehead atoms. The molecular weight excluding hydrogens is 248 g/mol. The first-order valence-electron chi connectivity index (χ1n) is 7.12. The van der Waals surface area contributed by atoms with Crippen molar-refractivity contribution in [3.05, 3.63) is 66.2 Å². The first-order valence-corrected chi connectivity index (χ1v) is 7.12. The maximum Gasteiger partial charge on any atom is 0.311 e. The number of benzene rings is 2. The molecule has 2 heteroatoms.